The van der Waals surface area contributed by atoms with Crippen LogP contribution in [-0.2, 0) is 4.74 Å². The number of carbonyl (C=O) groups excluding carboxylic acids is 1. The highest BCUT2D eigenvalue weighted by Gasteiger charge is 2.04. The molecule has 0 aliphatic heterocycles. The molecule has 0 saturated carbocycles. The first-order valence-electron chi connectivity index (χ1n) is 4.24. The van der Waals surface area contributed by atoms with Crippen molar-refractivity contribution in [3.63, 3.8) is 0 Å². The number of urea groups is 1. The standard InChI is InChI=1S/C8H18N2O2/c1-4-5-9-8(11)10-7(2)6-12-3/h7H,4-6H2,1-3H3,(H2,9,10,11). The van der Waals surface area contributed by atoms with E-state index in [0.29, 0.717) is 13.2 Å². The molecule has 2 N–H and O–H groups in total. The molecular formula is C8H18N2O2. The average Bonchev–Trinajstić information content (AvgIpc) is 2.01. The van der Waals surface area contributed by atoms with Crippen LogP contribution >= 0.6 is 0 Å². The van der Waals surface area contributed by atoms with E-state index in [1.807, 2.05) is 13.8 Å². The van der Waals surface area contributed by atoms with Crippen LogP contribution in [0.4, 0.5) is 4.79 Å². The molecule has 0 rings (SSSR count). The predicted octanol–water partition coefficient (Wildman–Crippen LogP) is 0.730. The molecule has 0 aromatic heterocycles. The molecular weight excluding hydrogens is 156 g/mol. The number of amides is 2. The van der Waals surface area contributed by atoms with Crippen LogP contribution in [0.15, 0.2) is 0 Å². The fourth-order valence-corrected chi connectivity index (χ4v) is 0.805. The fourth-order valence-electron chi connectivity index (χ4n) is 0.805. The Morgan fingerprint density at radius 2 is 2.25 bits per heavy atom. The zero-order valence-electron chi connectivity index (χ0n) is 8.02. The molecule has 0 radical (unpaired) electrons. The number of carbonyl (C=O) groups is 1. The summed E-state index contributed by atoms with van der Waals surface area (Å²) in [5, 5.41) is 5.46. The van der Waals surface area contributed by atoms with E-state index in [1.54, 1.807) is 7.11 Å². The summed E-state index contributed by atoms with van der Waals surface area (Å²) < 4.78 is 4.87. The molecule has 0 spiro atoms. The topological polar surface area (TPSA) is 50.4 Å². The van der Waals surface area contributed by atoms with E-state index in [-0.39, 0.29) is 12.1 Å². The van der Waals surface area contributed by atoms with Crippen molar-refractivity contribution in [2.24, 2.45) is 0 Å². The van der Waals surface area contributed by atoms with Crippen molar-refractivity contribution in [3.8, 4) is 0 Å². The third-order valence-corrected chi connectivity index (χ3v) is 1.33. The molecule has 1 atom stereocenters. The molecule has 0 aromatic carbocycles. The number of nitrogens with one attached hydrogen (secondary N) is 2. The second-order valence-corrected chi connectivity index (χ2v) is 2.76. The number of methoxy groups -OCH3 is 1. The Morgan fingerprint density at radius 1 is 1.58 bits per heavy atom. The average molecular weight is 174 g/mol. The molecule has 1 unspecified atom stereocenters. The maximum atomic E-state index is 11.0. The molecule has 0 bridgehead atoms. The van der Waals surface area contributed by atoms with E-state index in [9.17, 15) is 4.79 Å². The predicted molar refractivity (Wildman–Crippen MR) is 48.2 cm³/mol. The monoisotopic (exact) mass is 174 g/mol. The van der Waals surface area contributed by atoms with Crippen LogP contribution in [0.3, 0.4) is 0 Å². The van der Waals surface area contributed by atoms with Gasteiger partial charge in [-0.2, -0.15) is 0 Å². The van der Waals surface area contributed by atoms with E-state index in [2.05, 4.69) is 10.6 Å². The minimum Gasteiger partial charge on any atom is -0.383 e. The Labute approximate surface area is 73.7 Å². The van der Waals surface area contributed by atoms with Gasteiger partial charge in [0, 0.05) is 13.7 Å². The van der Waals surface area contributed by atoms with Crippen molar-refractivity contribution < 1.29 is 9.53 Å². The summed E-state index contributed by atoms with van der Waals surface area (Å²) >= 11 is 0. The first-order chi connectivity index (χ1) is 5.70. The van der Waals surface area contributed by atoms with E-state index >= 15 is 0 Å². The second-order valence-electron chi connectivity index (χ2n) is 2.76. The Bertz CT molecular complexity index is 128. The molecule has 2 amide bonds. The molecule has 72 valence electrons. The Hall–Kier alpha value is -0.770. The minimum absolute atomic E-state index is 0.0619. The SMILES string of the molecule is CCCNC(=O)NC(C)COC. The zero-order valence-corrected chi connectivity index (χ0v) is 8.02. The van der Waals surface area contributed by atoms with Gasteiger partial charge in [0.25, 0.3) is 0 Å². The lowest BCUT2D eigenvalue weighted by molar-refractivity contribution is 0.171. The summed E-state index contributed by atoms with van der Waals surface area (Å²) in [6.45, 7) is 5.17. The van der Waals surface area contributed by atoms with Gasteiger partial charge in [-0.15, -0.1) is 0 Å². The second kappa shape index (κ2) is 6.91. The normalized spacial score (nSPS) is 12.2. The van der Waals surface area contributed by atoms with Gasteiger partial charge in [0.05, 0.1) is 12.6 Å². The van der Waals surface area contributed by atoms with Crippen LogP contribution in [0.1, 0.15) is 20.3 Å². The van der Waals surface area contributed by atoms with Gasteiger partial charge < -0.3 is 15.4 Å². The van der Waals surface area contributed by atoms with Crippen molar-refractivity contribution >= 4 is 6.03 Å². The number of rotatable bonds is 5. The summed E-state index contributed by atoms with van der Waals surface area (Å²) in [7, 11) is 1.61. The number of ether oxygens (including phenoxy) is 1. The molecule has 4 nitrogen and oxygen atoms in total. The van der Waals surface area contributed by atoms with Crippen molar-refractivity contribution in [1.29, 1.82) is 0 Å². The zero-order chi connectivity index (χ0) is 9.40. The Balaban J connectivity index is 3.40. The van der Waals surface area contributed by atoms with Gasteiger partial charge in [0.2, 0.25) is 0 Å². The van der Waals surface area contributed by atoms with Crippen LogP contribution < -0.4 is 10.6 Å². The molecule has 12 heavy (non-hydrogen) atoms. The first-order valence-corrected chi connectivity index (χ1v) is 4.24. The molecule has 0 aliphatic rings. The maximum absolute atomic E-state index is 11.0. The van der Waals surface area contributed by atoms with Gasteiger partial charge in [-0.25, -0.2) is 4.79 Å². The third-order valence-electron chi connectivity index (χ3n) is 1.33. The number of hydrogen-bond acceptors (Lipinski definition) is 2. The third kappa shape index (κ3) is 5.97. The minimum atomic E-state index is -0.124. The van der Waals surface area contributed by atoms with Crippen LogP contribution in [0, 0.1) is 0 Å². The highest BCUT2D eigenvalue weighted by atomic mass is 16.5. The lowest BCUT2D eigenvalue weighted by Gasteiger charge is -2.12. The van der Waals surface area contributed by atoms with Crippen LogP contribution in [0.5, 0.6) is 0 Å². The van der Waals surface area contributed by atoms with Crippen molar-refractivity contribution in [2.75, 3.05) is 20.3 Å². The summed E-state index contributed by atoms with van der Waals surface area (Å²) in [6, 6.07) is -0.0618. The lowest BCUT2D eigenvalue weighted by Crippen LogP contribution is -2.42. The van der Waals surface area contributed by atoms with E-state index < -0.39 is 0 Å². The van der Waals surface area contributed by atoms with Crippen LogP contribution in [-0.4, -0.2) is 32.3 Å². The van der Waals surface area contributed by atoms with Gasteiger partial charge >= 0.3 is 6.03 Å². The largest absolute Gasteiger partial charge is 0.383 e. The van der Waals surface area contributed by atoms with Gasteiger partial charge in [-0.05, 0) is 13.3 Å². The Kier molecular flexibility index (Phi) is 6.47. The molecule has 0 heterocycles. The van der Waals surface area contributed by atoms with Gasteiger partial charge in [-0.1, -0.05) is 6.92 Å². The molecule has 4 heteroatoms. The highest BCUT2D eigenvalue weighted by Crippen LogP contribution is 1.81. The van der Waals surface area contributed by atoms with Crippen LogP contribution in [0.2, 0.25) is 0 Å². The number of hydrogen-bond donors (Lipinski definition) is 2. The van der Waals surface area contributed by atoms with Gasteiger partial charge in [0.15, 0.2) is 0 Å². The fraction of sp³-hybridized carbons (Fsp3) is 0.875. The lowest BCUT2D eigenvalue weighted by atomic mass is 10.4. The summed E-state index contributed by atoms with van der Waals surface area (Å²) in [6.07, 6.45) is 0.950. The van der Waals surface area contributed by atoms with E-state index in [0.717, 1.165) is 6.42 Å². The summed E-state index contributed by atoms with van der Waals surface area (Å²) in [4.78, 5) is 11.0. The van der Waals surface area contributed by atoms with Crippen LogP contribution in [0.25, 0.3) is 0 Å². The molecule has 0 aromatic rings. The maximum Gasteiger partial charge on any atom is 0.315 e. The van der Waals surface area contributed by atoms with Crippen molar-refractivity contribution in [3.05, 3.63) is 0 Å². The van der Waals surface area contributed by atoms with Gasteiger partial charge in [-0.3, -0.25) is 0 Å². The van der Waals surface area contributed by atoms with Crippen molar-refractivity contribution in [1.82, 2.24) is 10.6 Å². The van der Waals surface area contributed by atoms with Crippen molar-refractivity contribution in [2.45, 2.75) is 26.3 Å². The first kappa shape index (κ1) is 11.2. The summed E-state index contributed by atoms with van der Waals surface area (Å²) in [5.41, 5.74) is 0. The smallest absolute Gasteiger partial charge is 0.315 e. The van der Waals surface area contributed by atoms with Gasteiger partial charge in [0.1, 0.15) is 0 Å². The van der Waals surface area contributed by atoms with E-state index in [1.165, 1.54) is 0 Å². The quantitative estimate of drug-likeness (QED) is 0.645. The van der Waals surface area contributed by atoms with E-state index in [4.69, 9.17) is 4.74 Å². The molecule has 0 fully saturated rings. The Morgan fingerprint density at radius 3 is 2.75 bits per heavy atom. The highest BCUT2D eigenvalue weighted by molar-refractivity contribution is 5.74. The molecule has 0 saturated heterocycles. The summed E-state index contributed by atoms with van der Waals surface area (Å²) in [5.74, 6) is 0. The molecule has 0 aliphatic carbocycles.